The van der Waals surface area contributed by atoms with E-state index in [1.54, 1.807) is 0 Å². The van der Waals surface area contributed by atoms with E-state index in [-0.39, 0.29) is 12.5 Å². The van der Waals surface area contributed by atoms with Crippen LogP contribution >= 0.6 is 0 Å². The second-order valence-corrected chi connectivity index (χ2v) is 7.27. The molecule has 3 rings (SSSR count). The summed E-state index contributed by atoms with van der Waals surface area (Å²) in [4.78, 5) is 2.36. The van der Waals surface area contributed by atoms with Gasteiger partial charge in [-0.3, -0.25) is 4.90 Å². The van der Waals surface area contributed by atoms with Crippen molar-refractivity contribution >= 4 is 0 Å². The number of rotatable bonds is 4. The zero-order chi connectivity index (χ0) is 17.0. The lowest BCUT2D eigenvalue weighted by Gasteiger charge is -2.39. The number of nitrogens with zero attached hydrogens (tertiary/aromatic N) is 1. The van der Waals surface area contributed by atoms with Crippen LogP contribution in [0.25, 0.3) is 0 Å². The molecule has 1 N–H and O–H groups in total. The summed E-state index contributed by atoms with van der Waals surface area (Å²) in [5.41, 5.74) is 1.27. The van der Waals surface area contributed by atoms with Crippen molar-refractivity contribution in [3.05, 3.63) is 35.9 Å². The third-order valence-corrected chi connectivity index (χ3v) is 5.39. The van der Waals surface area contributed by atoms with Gasteiger partial charge in [0.2, 0.25) is 0 Å². The first-order valence-electron chi connectivity index (χ1n) is 9.11. The van der Waals surface area contributed by atoms with E-state index >= 15 is 0 Å². The molecule has 1 saturated carbocycles. The van der Waals surface area contributed by atoms with E-state index in [0.29, 0.717) is 12.8 Å². The van der Waals surface area contributed by atoms with Gasteiger partial charge >= 0.3 is 6.18 Å². The predicted octanol–water partition coefficient (Wildman–Crippen LogP) is 4.36. The molecule has 0 amide bonds. The fraction of sp³-hybridized carbons (Fsp3) is 0.684. The molecule has 1 aliphatic heterocycles. The summed E-state index contributed by atoms with van der Waals surface area (Å²) in [7, 11) is 0. The first kappa shape index (κ1) is 17.7. The third-order valence-electron chi connectivity index (χ3n) is 5.39. The molecule has 2 aliphatic rings. The number of likely N-dealkylation sites (tertiary alicyclic amines) is 1. The number of hydrogen-bond donors (Lipinski definition) is 1. The summed E-state index contributed by atoms with van der Waals surface area (Å²) in [6.07, 6.45) is 0.496. The summed E-state index contributed by atoms with van der Waals surface area (Å²) in [6.45, 7) is 2.75. The van der Waals surface area contributed by atoms with Crippen molar-refractivity contribution in [2.24, 2.45) is 5.92 Å². The van der Waals surface area contributed by atoms with Gasteiger partial charge in [-0.2, -0.15) is 13.2 Å². The molecule has 0 bridgehead atoms. The first-order valence-corrected chi connectivity index (χ1v) is 9.11. The van der Waals surface area contributed by atoms with Gasteiger partial charge in [0.25, 0.3) is 0 Å². The molecule has 134 valence electrons. The van der Waals surface area contributed by atoms with Crippen LogP contribution in [0, 0.1) is 5.92 Å². The molecule has 1 aliphatic carbocycles. The van der Waals surface area contributed by atoms with Crippen LogP contribution in [0.5, 0.6) is 0 Å². The van der Waals surface area contributed by atoms with Gasteiger partial charge in [0.15, 0.2) is 0 Å². The zero-order valence-corrected chi connectivity index (χ0v) is 14.1. The fourth-order valence-electron chi connectivity index (χ4n) is 4.20. The molecule has 3 unspecified atom stereocenters. The predicted molar refractivity (Wildman–Crippen MR) is 89.7 cm³/mol. The Morgan fingerprint density at radius 2 is 1.75 bits per heavy atom. The Balaban J connectivity index is 1.56. The summed E-state index contributed by atoms with van der Waals surface area (Å²) in [5, 5.41) is 3.37. The molecule has 0 spiro atoms. The minimum atomic E-state index is -4.07. The van der Waals surface area contributed by atoms with Crippen molar-refractivity contribution in [2.75, 3.05) is 13.1 Å². The van der Waals surface area contributed by atoms with Crippen LogP contribution in [0.3, 0.4) is 0 Å². The number of piperidine rings is 1. The molecule has 0 radical (unpaired) electrons. The Bertz CT molecular complexity index is 503. The van der Waals surface area contributed by atoms with E-state index < -0.39 is 18.1 Å². The van der Waals surface area contributed by atoms with Crippen LogP contribution in [0.1, 0.15) is 44.1 Å². The standard InChI is InChI=1S/C19H27F3N2/c20-19(21,22)17-10-4-5-11-18(17)23-16-9-6-12-24(14-16)13-15-7-2-1-3-8-15/h1-3,7-8,16-18,23H,4-6,9-14H2. The quantitative estimate of drug-likeness (QED) is 0.876. The second kappa shape index (κ2) is 7.87. The minimum Gasteiger partial charge on any atom is -0.309 e. The number of alkyl halides is 3. The topological polar surface area (TPSA) is 15.3 Å². The maximum Gasteiger partial charge on any atom is 0.393 e. The van der Waals surface area contributed by atoms with Crippen molar-refractivity contribution in [3.63, 3.8) is 0 Å². The van der Waals surface area contributed by atoms with Crippen molar-refractivity contribution in [2.45, 2.75) is 63.3 Å². The Hall–Kier alpha value is -1.07. The molecule has 1 heterocycles. The number of hydrogen-bond acceptors (Lipinski definition) is 2. The average Bonchev–Trinajstić information content (AvgIpc) is 2.56. The summed E-state index contributed by atoms with van der Waals surface area (Å²) < 4.78 is 39.8. The molecule has 2 fully saturated rings. The molecular formula is C19H27F3N2. The number of benzene rings is 1. The SMILES string of the molecule is FC(F)(F)C1CCCCC1NC1CCCN(Cc2ccccc2)C1. The van der Waals surface area contributed by atoms with Gasteiger partial charge < -0.3 is 5.32 Å². The molecule has 0 aromatic heterocycles. The molecule has 1 saturated heterocycles. The molecule has 24 heavy (non-hydrogen) atoms. The van der Waals surface area contributed by atoms with E-state index in [0.717, 1.165) is 38.9 Å². The lowest BCUT2D eigenvalue weighted by molar-refractivity contribution is -0.189. The largest absolute Gasteiger partial charge is 0.393 e. The van der Waals surface area contributed by atoms with Crippen molar-refractivity contribution in [1.82, 2.24) is 10.2 Å². The highest BCUT2D eigenvalue weighted by Gasteiger charge is 2.45. The van der Waals surface area contributed by atoms with Gasteiger partial charge in [-0.15, -0.1) is 0 Å². The van der Waals surface area contributed by atoms with Gasteiger partial charge in [0.1, 0.15) is 0 Å². The van der Waals surface area contributed by atoms with Crippen LogP contribution in [0.2, 0.25) is 0 Å². The Morgan fingerprint density at radius 3 is 2.50 bits per heavy atom. The third kappa shape index (κ3) is 4.73. The minimum absolute atomic E-state index is 0.176. The highest BCUT2D eigenvalue weighted by atomic mass is 19.4. The van der Waals surface area contributed by atoms with Gasteiger partial charge in [-0.25, -0.2) is 0 Å². The molecule has 1 aromatic carbocycles. The maximum absolute atomic E-state index is 13.3. The van der Waals surface area contributed by atoms with Crippen LogP contribution < -0.4 is 5.32 Å². The van der Waals surface area contributed by atoms with Gasteiger partial charge in [-0.1, -0.05) is 43.2 Å². The van der Waals surface area contributed by atoms with Gasteiger partial charge in [-0.05, 0) is 37.8 Å². The highest BCUT2D eigenvalue weighted by Crippen LogP contribution is 2.38. The van der Waals surface area contributed by atoms with Crippen molar-refractivity contribution in [3.8, 4) is 0 Å². The smallest absolute Gasteiger partial charge is 0.309 e. The van der Waals surface area contributed by atoms with Crippen molar-refractivity contribution < 1.29 is 13.2 Å². The Labute approximate surface area is 142 Å². The molecular weight excluding hydrogens is 313 g/mol. The van der Waals surface area contributed by atoms with Crippen LogP contribution in [-0.2, 0) is 6.54 Å². The lowest BCUT2D eigenvalue weighted by Crippen LogP contribution is -2.53. The molecule has 2 nitrogen and oxygen atoms in total. The van der Waals surface area contributed by atoms with Crippen LogP contribution in [0.15, 0.2) is 30.3 Å². The van der Waals surface area contributed by atoms with Gasteiger partial charge in [0, 0.05) is 25.2 Å². The van der Waals surface area contributed by atoms with E-state index in [9.17, 15) is 13.2 Å². The highest BCUT2D eigenvalue weighted by molar-refractivity contribution is 5.14. The first-order chi connectivity index (χ1) is 11.5. The zero-order valence-electron chi connectivity index (χ0n) is 14.1. The molecule has 1 aromatic rings. The van der Waals surface area contributed by atoms with Crippen LogP contribution in [-0.4, -0.2) is 36.2 Å². The summed E-state index contributed by atoms with van der Waals surface area (Å²) in [5.74, 6) is -1.17. The Morgan fingerprint density at radius 1 is 1.00 bits per heavy atom. The van der Waals surface area contributed by atoms with E-state index in [1.165, 1.54) is 5.56 Å². The Kier molecular flexibility index (Phi) is 5.82. The van der Waals surface area contributed by atoms with E-state index in [1.807, 2.05) is 18.2 Å². The average molecular weight is 340 g/mol. The molecule has 5 heteroatoms. The fourth-order valence-corrected chi connectivity index (χ4v) is 4.20. The van der Waals surface area contributed by atoms with Crippen molar-refractivity contribution in [1.29, 1.82) is 0 Å². The van der Waals surface area contributed by atoms with Gasteiger partial charge in [0.05, 0.1) is 5.92 Å². The number of halogens is 3. The van der Waals surface area contributed by atoms with E-state index in [4.69, 9.17) is 0 Å². The van der Waals surface area contributed by atoms with E-state index in [2.05, 4.69) is 22.3 Å². The summed E-state index contributed by atoms with van der Waals surface area (Å²) >= 11 is 0. The monoisotopic (exact) mass is 340 g/mol. The normalized spacial score (nSPS) is 29.5. The second-order valence-electron chi connectivity index (χ2n) is 7.27. The summed E-state index contributed by atoms with van der Waals surface area (Å²) in [6, 6.07) is 10.1. The lowest BCUT2D eigenvalue weighted by atomic mass is 9.83. The maximum atomic E-state index is 13.3. The number of nitrogens with one attached hydrogen (secondary N) is 1. The molecule has 3 atom stereocenters. The van der Waals surface area contributed by atoms with Crippen LogP contribution in [0.4, 0.5) is 13.2 Å².